The van der Waals surface area contributed by atoms with Crippen LogP contribution in [0.25, 0.3) is 12.2 Å². The van der Waals surface area contributed by atoms with E-state index in [4.69, 9.17) is 0 Å². The van der Waals surface area contributed by atoms with Gasteiger partial charge in [0.15, 0.2) is 0 Å². The van der Waals surface area contributed by atoms with Gasteiger partial charge in [0.2, 0.25) is 0 Å². The zero-order valence-corrected chi connectivity index (χ0v) is 36.8. The topological polar surface area (TPSA) is 0 Å². The summed E-state index contributed by atoms with van der Waals surface area (Å²) in [6.45, 7) is 27.5. The molecule has 0 nitrogen and oxygen atoms in total. The summed E-state index contributed by atoms with van der Waals surface area (Å²) in [6.07, 6.45) is 11.4. The van der Waals surface area contributed by atoms with E-state index < -0.39 is 0 Å². The number of fused-ring (bicyclic) bond motifs is 2. The van der Waals surface area contributed by atoms with Gasteiger partial charge in [-0.25, -0.2) is 12.2 Å². The fraction of sp³-hybridized carbons (Fsp3) is 0.391. The van der Waals surface area contributed by atoms with E-state index >= 15 is 0 Å². The molecule has 256 valence electrons. The molecule has 0 bridgehead atoms. The van der Waals surface area contributed by atoms with Gasteiger partial charge in [0.1, 0.15) is 0 Å². The summed E-state index contributed by atoms with van der Waals surface area (Å²) in [5, 5.41) is 0. The average Bonchev–Trinajstić information content (AvgIpc) is 3.60. The Morgan fingerprint density at radius 3 is 0.939 bits per heavy atom. The van der Waals surface area contributed by atoms with Crippen LogP contribution < -0.4 is 24.8 Å². The van der Waals surface area contributed by atoms with Crippen molar-refractivity contribution in [3.05, 3.63) is 153 Å². The molecule has 3 heteroatoms. The standard InChI is InChI=1S/2C23H27.2ClH.Hf/c2*1-22(2,3)18-13-17(14-19(15-18)23(4,5)6)21-12-11-16-9-7-8-10-20(16)21;;;/h2*7-11,13-15,21H,1-6H3;2*1H;/q2*-1;;;+4/p-2. The first-order chi connectivity index (χ1) is 21.3. The Kier molecular flexibility index (Phi) is 14.0. The Morgan fingerprint density at radius 1 is 0.408 bits per heavy atom. The zero-order valence-electron chi connectivity index (χ0n) is 31.6. The predicted molar refractivity (Wildman–Crippen MR) is 200 cm³/mol. The molecule has 6 rings (SSSR count). The van der Waals surface area contributed by atoms with Gasteiger partial charge in [0, 0.05) is 0 Å². The number of allylic oxidation sites excluding steroid dienone is 2. The van der Waals surface area contributed by atoms with E-state index in [1.807, 2.05) is 0 Å². The number of hydrogen-bond acceptors (Lipinski definition) is 0. The maximum atomic E-state index is 3.57. The number of hydrogen-bond donors (Lipinski definition) is 0. The Morgan fingerprint density at radius 2 is 0.673 bits per heavy atom. The molecule has 0 aliphatic heterocycles. The summed E-state index contributed by atoms with van der Waals surface area (Å²) < 4.78 is 0. The minimum absolute atomic E-state index is 0. The van der Waals surface area contributed by atoms with Crippen LogP contribution in [0.2, 0.25) is 0 Å². The van der Waals surface area contributed by atoms with Crippen LogP contribution in [-0.2, 0) is 47.5 Å². The van der Waals surface area contributed by atoms with Crippen molar-refractivity contribution < 1.29 is 50.7 Å². The van der Waals surface area contributed by atoms with Crippen LogP contribution in [0, 0.1) is 12.2 Å². The molecule has 0 saturated carbocycles. The smallest absolute Gasteiger partial charge is 1.00 e. The van der Waals surface area contributed by atoms with Crippen molar-refractivity contribution >= 4 is 12.2 Å². The predicted octanol–water partition coefficient (Wildman–Crippen LogP) is 6.49. The van der Waals surface area contributed by atoms with Crippen molar-refractivity contribution in [3.63, 3.8) is 0 Å². The molecule has 0 aromatic heterocycles. The van der Waals surface area contributed by atoms with Gasteiger partial charge in [-0.1, -0.05) is 179 Å². The molecule has 0 fully saturated rings. The van der Waals surface area contributed by atoms with Crippen molar-refractivity contribution in [2.75, 3.05) is 0 Å². The van der Waals surface area contributed by atoms with E-state index in [1.165, 1.54) is 55.6 Å². The number of rotatable bonds is 2. The van der Waals surface area contributed by atoms with Crippen LogP contribution in [0.3, 0.4) is 0 Å². The summed E-state index contributed by atoms with van der Waals surface area (Å²) in [5.41, 5.74) is 14.3. The normalized spacial score (nSPS) is 16.3. The molecule has 0 spiro atoms. The molecule has 4 aromatic rings. The van der Waals surface area contributed by atoms with Crippen molar-refractivity contribution in [3.8, 4) is 0 Å². The fourth-order valence-electron chi connectivity index (χ4n) is 6.26. The third kappa shape index (κ3) is 9.99. The minimum Gasteiger partial charge on any atom is -1.00 e. The van der Waals surface area contributed by atoms with Gasteiger partial charge in [-0.15, -0.1) is 23.3 Å². The molecule has 2 atom stereocenters. The first kappa shape index (κ1) is 43.0. The maximum absolute atomic E-state index is 3.57. The van der Waals surface area contributed by atoms with Crippen LogP contribution in [0.15, 0.2) is 84.9 Å². The summed E-state index contributed by atoms with van der Waals surface area (Å²) in [5.74, 6) is 0.518. The number of halogens is 2. The van der Waals surface area contributed by atoms with Crippen LogP contribution in [0.5, 0.6) is 0 Å². The molecule has 0 radical (unpaired) electrons. The molecule has 2 aliphatic rings. The Labute approximate surface area is 329 Å². The van der Waals surface area contributed by atoms with E-state index in [0.29, 0.717) is 0 Å². The van der Waals surface area contributed by atoms with E-state index in [1.54, 1.807) is 0 Å². The first-order valence-corrected chi connectivity index (χ1v) is 17.0. The summed E-state index contributed by atoms with van der Waals surface area (Å²) in [4.78, 5) is 0. The Bertz CT molecular complexity index is 1580. The average molecular weight is 856 g/mol. The van der Waals surface area contributed by atoms with Gasteiger partial charge >= 0.3 is 25.8 Å². The van der Waals surface area contributed by atoms with E-state index in [0.717, 1.165) is 0 Å². The fourth-order valence-corrected chi connectivity index (χ4v) is 6.26. The molecule has 49 heavy (non-hydrogen) atoms. The van der Waals surface area contributed by atoms with Crippen LogP contribution in [0.1, 0.15) is 151 Å². The third-order valence-corrected chi connectivity index (χ3v) is 9.47. The zero-order chi connectivity index (χ0) is 33.7. The van der Waals surface area contributed by atoms with Crippen molar-refractivity contribution in [1.82, 2.24) is 0 Å². The molecule has 0 amide bonds. The van der Waals surface area contributed by atoms with Gasteiger partial charge in [-0.3, -0.25) is 12.2 Å². The quantitative estimate of drug-likeness (QED) is 0.160. The molecule has 0 saturated heterocycles. The molecule has 0 N–H and O–H groups in total. The molecular formula is C46H54Cl2Hf. The Balaban J connectivity index is 0.000000321. The molecule has 2 unspecified atom stereocenters. The minimum atomic E-state index is 0. The maximum Gasteiger partial charge on any atom is 4.00 e. The first-order valence-electron chi connectivity index (χ1n) is 17.0. The van der Waals surface area contributed by atoms with Crippen LogP contribution >= 0.6 is 0 Å². The van der Waals surface area contributed by atoms with Crippen LogP contribution in [0.4, 0.5) is 0 Å². The second-order valence-electron chi connectivity index (χ2n) is 17.4. The third-order valence-electron chi connectivity index (χ3n) is 9.47. The van der Waals surface area contributed by atoms with E-state index in [9.17, 15) is 0 Å². The van der Waals surface area contributed by atoms with Gasteiger partial charge in [-0.05, 0) is 43.9 Å². The van der Waals surface area contributed by atoms with Crippen molar-refractivity contribution in [1.29, 1.82) is 0 Å². The molecule has 2 aliphatic carbocycles. The monoisotopic (exact) mass is 856 g/mol. The summed E-state index contributed by atoms with van der Waals surface area (Å²) >= 11 is 0. The second-order valence-corrected chi connectivity index (χ2v) is 17.4. The van der Waals surface area contributed by atoms with E-state index in [2.05, 4.69) is 192 Å². The van der Waals surface area contributed by atoms with Crippen molar-refractivity contribution in [2.45, 2.75) is 117 Å². The van der Waals surface area contributed by atoms with Gasteiger partial charge in [-0.2, -0.15) is 11.1 Å². The van der Waals surface area contributed by atoms with Crippen LogP contribution in [-0.4, -0.2) is 0 Å². The van der Waals surface area contributed by atoms with E-state index in [-0.39, 0.29) is 84.2 Å². The molecule has 4 aromatic carbocycles. The molecular weight excluding hydrogens is 802 g/mol. The van der Waals surface area contributed by atoms with Gasteiger partial charge in [0.05, 0.1) is 0 Å². The number of benzene rings is 4. The van der Waals surface area contributed by atoms with Gasteiger partial charge < -0.3 is 24.8 Å². The largest absolute Gasteiger partial charge is 4.00 e. The summed E-state index contributed by atoms with van der Waals surface area (Å²) in [7, 11) is 0. The SMILES string of the molecule is CC(C)(C)c1cc(C2[C-]=Cc3ccccc32)cc(C(C)(C)C)c1.CC(C)(C)c1cc(C2[C-]=Cc3ccccc32)cc(C(C)(C)C)c1.[Cl-].[Cl-].[Hf+4]. The Hall–Kier alpha value is -2.19. The van der Waals surface area contributed by atoms with Crippen molar-refractivity contribution in [2.24, 2.45) is 0 Å². The summed E-state index contributed by atoms with van der Waals surface area (Å²) in [6, 6.07) is 31.6. The van der Waals surface area contributed by atoms with Gasteiger partial charge in [0.25, 0.3) is 0 Å². The second kappa shape index (κ2) is 16.0. The molecule has 0 heterocycles.